The highest BCUT2D eigenvalue weighted by Crippen LogP contribution is 2.35. The first-order chi connectivity index (χ1) is 11.7. The molecule has 0 radical (unpaired) electrons. The van der Waals surface area contributed by atoms with Crippen LogP contribution >= 0.6 is 11.6 Å². The second-order valence-corrected chi connectivity index (χ2v) is 6.00. The van der Waals surface area contributed by atoms with Gasteiger partial charge in [-0.1, -0.05) is 60.1 Å². The third-order valence-corrected chi connectivity index (χ3v) is 4.24. The molecule has 0 aliphatic heterocycles. The molecule has 0 saturated carbocycles. The second kappa shape index (κ2) is 6.06. The maximum Gasteiger partial charge on any atom is 0.133 e. The zero-order valence-electron chi connectivity index (χ0n) is 12.7. The van der Waals surface area contributed by atoms with Gasteiger partial charge in [-0.05, 0) is 41.5 Å². The quantitative estimate of drug-likeness (QED) is 0.416. The molecule has 0 aliphatic carbocycles. The topological polar surface area (TPSA) is 12.9 Å². The SMILES string of the molecule is Fc1cccc(-c2cccc(Cl)c2)c1-c1ccc2ccccc2n1. The highest BCUT2D eigenvalue weighted by atomic mass is 35.5. The van der Waals surface area contributed by atoms with E-state index in [0.717, 1.165) is 22.0 Å². The van der Waals surface area contributed by atoms with Gasteiger partial charge in [0.2, 0.25) is 0 Å². The van der Waals surface area contributed by atoms with Gasteiger partial charge in [0.25, 0.3) is 0 Å². The molecule has 0 unspecified atom stereocenters. The van der Waals surface area contributed by atoms with Crippen LogP contribution in [-0.2, 0) is 0 Å². The summed E-state index contributed by atoms with van der Waals surface area (Å²) in [7, 11) is 0. The van der Waals surface area contributed by atoms with Gasteiger partial charge in [-0.15, -0.1) is 0 Å². The summed E-state index contributed by atoms with van der Waals surface area (Å²) in [5.41, 5.74) is 3.59. The summed E-state index contributed by atoms with van der Waals surface area (Å²) in [4.78, 5) is 4.64. The average Bonchev–Trinajstić information content (AvgIpc) is 2.61. The minimum absolute atomic E-state index is 0.296. The maximum absolute atomic E-state index is 14.6. The van der Waals surface area contributed by atoms with E-state index in [1.54, 1.807) is 12.1 Å². The van der Waals surface area contributed by atoms with Crippen LogP contribution in [0.15, 0.2) is 78.9 Å². The normalized spacial score (nSPS) is 10.9. The summed E-state index contributed by atoms with van der Waals surface area (Å²) in [6.45, 7) is 0. The summed E-state index contributed by atoms with van der Waals surface area (Å²) < 4.78 is 14.6. The molecule has 0 amide bonds. The molecule has 24 heavy (non-hydrogen) atoms. The van der Waals surface area contributed by atoms with Crippen LogP contribution in [0.5, 0.6) is 0 Å². The maximum atomic E-state index is 14.6. The molecule has 0 aliphatic rings. The number of benzene rings is 3. The molecule has 1 heterocycles. The molecule has 4 aromatic rings. The third-order valence-electron chi connectivity index (χ3n) is 4.00. The van der Waals surface area contributed by atoms with Crippen molar-refractivity contribution in [3.8, 4) is 22.4 Å². The van der Waals surface area contributed by atoms with Gasteiger partial charge >= 0.3 is 0 Å². The van der Waals surface area contributed by atoms with Gasteiger partial charge in [0.05, 0.1) is 11.2 Å². The number of pyridine rings is 1. The number of aromatic nitrogens is 1. The second-order valence-electron chi connectivity index (χ2n) is 5.56. The number of fused-ring (bicyclic) bond motifs is 1. The van der Waals surface area contributed by atoms with Gasteiger partial charge in [0.1, 0.15) is 5.82 Å². The van der Waals surface area contributed by atoms with Crippen LogP contribution in [-0.4, -0.2) is 4.98 Å². The Hall–Kier alpha value is -2.71. The summed E-state index contributed by atoms with van der Waals surface area (Å²) >= 11 is 6.10. The summed E-state index contributed by atoms with van der Waals surface area (Å²) in [5.74, 6) is -0.296. The standard InChI is InChI=1S/C21H13ClFN/c22-16-7-3-6-15(13-16)17-8-4-9-18(23)21(17)20-12-11-14-5-1-2-10-19(14)24-20/h1-13H. The monoisotopic (exact) mass is 333 g/mol. The lowest BCUT2D eigenvalue weighted by molar-refractivity contribution is 0.631. The lowest BCUT2D eigenvalue weighted by atomic mass is 9.96. The van der Waals surface area contributed by atoms with Gasteiger partial charge in [0, 0.05) is 16.0 Å². The van der Waals surface area contributed by atoms with E-state index in [1.165, 1.54) is 6.07 Å². The van der Waals surface area contributed by atoms with Crippen LogP contribution in [0.4, 0.5) is 4.39 Å². The van der Waals surface area contributed by atoms with Gasteiger partial charge < -0.3 is 0 Å². The number of para-hydroxylation sites is 1. The smallest absolute Gasteiger partial charge is 0.133 e. The first-order valence-electron chi connectivity index (χ1n) is 7.63. The van der Waals surface area contributed by atoms with Gasteiger partial charge in [0.15, 0.2) is 0 Å². The minimum atomic E-state index is -0.296. The Morgan fingerprint density at radius 2 is 1.62 bits per heavy atom. The molecule has 0 bridgehead atoms. The van der Waals surface area contributed by atoms with E-state index in [0.29, 0.717) is 16.3 Å². The zero-order valence-corrected chi connectivity index (χ0v) is 13.5. The van der Waals surface area contributed by atoms with E-state index in [9.17, 15) is 4.39 Å². The molecule has 3 aromatic carbocycles. The molecule has 116 valence electrons. The summed E-state index contributed by atoms with van der Waals surface area (Å²) in [5, 5.41) is 1.65. The van der Waals surface area contributed by atoms with E-state index >= 15 is 0 Å². The van der Waals surface area contributed by atoms with E-state index < -0.39 is 0 Å². The molecule has 1 aromatic heterocycles. The number of nitrogens with zero attached hydrogens (tertiary/aromatic N) is 1. The molecule has 4 rings (SSSR count). The Morgan fingerprint density at radius 3 is 2.50 bits per heavy atom. The first-order valence-corrected chi connectivity index (χ1v) is 8.01. The van der Waals surface area contributed by atoms with Gasteiger partial charge in [-0.2, -0.15) is 0 Å². The summed E-state index contributed by atoms with van der Waals surface area (Å²) in [6, 6.07) is 24.1. The molecule has 1 nitrogen and oxygen atoms in total. The average molecular weight is 334 g/mol. The van der Waals surface area contributed by atoms with Crippen molar-refractivity contribution in [3.05, 3.63) is 89.7 Å². The van der Waals surface area contributed by atoms with Crippen LogP contribution in [0.25, 0.3) is 33.3 Å². The van der Waals surface area contributed by atoms with Crippen molar-refractivity contribution >= 4 is 22.5 Å². The molecular formula is C21H13ClFN. The van der Waals surface area contributed by atoms with Crippen LogP contribution in [0, 0.1) is 5.82 Å². The Kier molecular flexibility index (Phi) is 3.75. The van der Waals surface area contributed by atoms with E-state index in [-0.39, 0.29) is 5.82 Å². The van der Waals surface area contributed by atoms with Crippen LogP contribution in [0.1, 0.15) is 0 Å². The number of hydrogen-bond acceptors (Lipinski definition) is 1. The first kappa shape index (κ1) is 14.9. The largest absolute Gasteiger partial charge is 0.248 e. The van der Waals surface area contributed by atoms with Gasteiger partial charge in [-0.3, -0.25) is 0 Å². The van der Waals surface area contributed by atoms with Crippen molar-refractivity contribution in [2.45, 2.75) is 0 Å². The predicted molar refractivity (Wildman–Crippen MR) is 97.6 cm³/mol. The van der Waals surface area contributed by atoms with E-state index in [4.69, 9.17) is 11.6 Å². The van der Waals surface area contributed by atoms with E-state index in [1.807, 2.05) is 60.7 Å². The van der Waals surface area contributed by atoms with Crippen LogP contribution < -0.4 is 0 Å². The van der Waals surface area contributed by atoms with Gasteiger partial charge in [-0.25, -0.2) is 9.37 Å². The van der Waals surface area contributed by atoms with Crippen molar-refractivity contribution in [2.75, 3.05) is 0 Å². The summed E-state index contributed by atoms with van der Waals surface area (Å²) in [6.07, 6.45) is 0. The van der Waals surface area contributed by atoms with Crippen molar-refractivity contribution in [3.63, 3.8) is 0 Å². The van der Waals surface area contributed by atoms with Crippen molar-refractivity contribution in [1.82, 2.24) is 4.98 Å². The Labute approximate surface area is 144 Å². The lowest BCUT2D eigenvalue weighted by Gasteiger charge is -2.12. The molecule has 0 fully saturated rings. The van der Waals surface area contributed by atoms with E-state index in [2.05, 4.69) is 4.98 Å². The molecule has 0 atom stereocenters. The highest BCUT2D eigenvalue weighted by Gasteiger charge is 2.14. The van der Waals surface area contributed by atoms with Crippen LogP contribution in [0.2, 0.25) is 5.02 Å². The fourth-order valence-electron chi connectivity index (χ4n) is 2.89. The predicted octanol–water partition coefficient (Wildman–Crippen LogP) is 6.36. The van der Waals surface area contributed by atoms with Crippen molar-refractivity contribution < 1.29 is 4.39 Å². The van der Waals surface area contributed by atoms with Crippen molar-refractivity contribution in [2.24, 2.45) is 0 Å². The number of rotatable bonds is 2. The zero-order chi connectivity index (χ0) is 16.5. The third kappa shape index (κ3) is 2.66. The molecule has 0 N–H and O–H groups in total. The Balaban J connectivity index is 1.96. The minimum Gasteiger partial charge on any atom is -0.248 e. The van der Waals surface area contributed by atoms with Crippen molar-refractivity contribution in [1.29, 1.82) is 0 Å². The molecule has 3 heteroatoms. The fraction of sp³-hybridized carbons (Fsp3) is 0. The fourth-order valence-corrected chi connectivity index (χ4v) is 3.08. The Bertz CT molecular complexity index is 1040. The Morgan fingerprint density at radius 1 is 0.792 bits per heavy atom. The lowest BCUT2D eigenvalue weighted by Crippen LogP contribution is -1.93. The number of halogens is 2. The molecule has 0 saturated heterocycles. The number of hydrogen-bond donors (Lipinski definition) is 0. The molecule has 0 spiro atoms. The van der Waals surface area contributed by atoms with Crippen LogP contribution in [0.3, 0.4) is 0 Å². The molecular weight excluding hydrogens is 321 g/mol. The highest BCUT2D eigenvalue weighted by molar-refractivity contribution is 6.30.